The molecule has 100 valence electrons. The zero-order chi connectivity index (χ0) is 13.0. The van der Waals surface area contributed by atoms with Gasteiger partial charge in [0.2, 0.25) is 5.91 Å². The molecule has 0 aromatic rings. The van der Waals surface area contributed by atoms with Gasteiger partial charge in [-0.2, -0.15) is 0 Å². The molecule has 1 aliphatic heterocycles. The molecule has 1 rings (SSSR count). The third kappa shape index (κ3) is 4.39. The molecule has 4 nitrogen and oxygen atoms in total. The third-order valence-corrected chi connectivity index (χ3v) is 3.94. The van der Waals surface area contributed by atoms with E-state index < -0.39 is 10.8 Å². The summed E-state index contributed by atoms with van der Waals surface area (Å²) in [7, 11) is -0.769. The average Bonchev–Trinajstić information content (AvgIpc) is 2.56. The summed E-state index contributed by atoms with van der Waals surface area (Å²) in [5, 5.41) is 3.29. The minimum atomic E-state index is -0.769. The van der Waals surface area contributed by atoms with Crippen molar-refractivity contribution < 1.29 is 9.00 Å². The van der Waals surface area contributed by atoms with Gasteiger partial charge in [-0.1, -0.05) is 13.8 Å². The molecule has 0 bridgehead atoms. The molecular formula is C12H24N2O2S. The van der Waals surface area contributed by atoms with Crippen LogP contribution < -0.4 is 5.32 Å². The SMILES string of the molecule is CC(C)NC1CCN(C(C)CCS(C)=O)C1=O. The van der Waals surface area contributed by atoms with Gasteiger partial charge in [-0.3, -0.25) is 9.00 Å². The summed E-state index contributed by atoms with van der Waals surface area (Å²) < 4.78 is 11.0. The van der Waals surface area contributed by atoms with Crippen LogP contribution in [0.15, 0.2) is 0 Å². The first kappa shape index (κ1) is 14.6. The van der Waals surface area contributed by atoms with E-state index in [9.17, 15) is 9.00 Å². The standard InChI is InChI=1S/C12H24N2O2S/c1-9(2)13-11-5-7-14(12(11)15)10(3)6-8-17(4)16/h9-11,13H,5-8H2,1-4H3. The molecular weight excluding hydrogens is 236 g/mol. The van der Waals surface area contributed by atoms with Crippen LogP contribution in [0.5, 0.6) is 0 Å². The second-order valence-corrected chi connectivity index (χ2v) is 6.66. The van der Waals surface area contributed by atoms with Crippen molar-refractivity contribution in [2.75, 3.05) is 18.6 Å². The number of carbonyl (C=O) groups is 1. The van der Waals surface area contributed by atoms with Crippen LogP contribution in [0.2, 0.25) is 0 Å². The van der Waals surface area contributed by atoms with E-state index in [1.54, 1.807) is 6.26 Å². The highest BCUT2D eigenvalue weighted by molar-refractivity contribution is 7.84. The summed E-state index contributed by atoms with van der Waals surface area (Å²) in [5.74, 6) is 0.876. The Hall–Kier alpha value is -0.420. The number of hydrogen-bond acceptors (Lipinski definition) is 3. The molecule has 0 aliphatic carbocycles. The van der Waals surface area contributed by atoms with E-state index in [4.69, 9.17) is 0 Å². The van der Waals surface area contributed by atoms with Gasteiger partial charge in [0.1, 0.15) is 0 Å². The highest BCUT2D eigenvalue weighted by Crippen LogP contribution is 2.17. The van der Waals surface area contributed by atoms with Crippen LogP contribution in [0.4, 0.5) is 0 Å². The van der Waals surface area contributed by atoms with Crippen molar-refractivity contribution in [1.29, 1.82) is 0 Å². The molecule has 3 atom stereocenters. The topological polar surface area (TPSA) is 49.4 Å². The average molecular weight is 260 g/mol. The molecule has 0 saturated carbocycles. The maximum atomic E-state index is 12.1. The quantitative estimate of drug-likeness (QED) is 0.766. The van der Waals surface area contributed by atoms with Crippen molar-refractivity contribution in [2.24, 2.45) is 0 Å². The first-order chi connectivity index (χ1) is 7.91. The van der Waals surface area contributed by atoms with E-state index in [1.165, 1.54) is 0 Å². The minimum Gasteiger partial charge on any atom is -0.339 e. The molecule has 0 aromatic heterocycles. The Labute approximate surface area is 107 Å². The fourth-order valence-corrected chi connectivity index (χ4v) is 2.86. The van der Waals surface area contributed by atoms with Crippen molar-refractivity contribution in [3.63, 3.8) is 0 Å². The summed E-state index contributed by atoms with van der Waals surface area (Å²) in [4.78, 5) is 14.0. The van der Waals surface area contributed by atoms with Crippen molar-refractivity contribution in [3.05, 3.63) is 0 Å². The van der Waals surface area contributed by atoms with Gasteiger partial charge in [0, 0.05) is 41.4 Å². The number of nitrogens with one attached hydrogen (secondary N) is 1. The Balaban J connectivity index is 2.45. The fraction of sp³-hybridized carbons (Fsp3) is 0.917. The Bertz CT molecular complexity index is 294. The lowest BCUT2D eigenvalue weighted by molar-refractivity contribution is -0.131. The van der Waals surface area contributed by atoms with Crippen LogP contribution in [-0.2, 0) is 15.6 Å². The highest BCUT2D eigenvalue weighted by Gasteiger charge is 2.34. The van der Waals surface area contributed by atoms with E-state index in [0.717, 1.165) is 19.4 Å². The Morgan fingerprint density at radius 1 is 1.47 bits per heavy atom. The Morgan fingerprint density at radius 2 is 2.12 bits per heavy atom. The third-order valence-electron chi connectivity index (χ3n) is 3.13. The molecule has 1 heterocycles. The van der Waals surface area contributed by atoms with Crippen LogP contribution in [-0.4, -0.2) is 51.7 Å². The van der Waals surface area contributed by atoms with Crippen LogP contribution in [0.1, 0.15) is 33.6 Å². The summed E-state index contributed by atoms with van der Waals surface area (Å²) >= 11 is 0. The molecule has 1 fully saturated rings. The maximum absolute atomic E-state index is 12.1. The van der Waals surface area contributed by atoms with Gasteiger partial charge in [-0.05, 0) is 19.8 Å². The summed E-state index contributed by atoms with van der Waals surface area (Å²) in [6, 6.07) is 0.511. The molecule has 17 heavy (non-hydrogen) atoms. The number of nitrogens with zero attached hydrogens (tertiary/aromatic N) is 1. The molecule has 3 unspecified atom stereocenters. The summed E-state index contributed by atoms with van der Waals surface area (Å²) in [5.41, 5.74) is 0. The normalized spacial score (nSPS) is 24.4. The highest BCUT2D eigenvalue weighted by atomic mass is 32.2. The van der Waals surface area contributed by atoms with E-state index in [-0.39, 0.29) is 18.0 Å². The minimum absolute atomic E-state index is 0.0235. The molecule has 5 heteroatoms. The van der Waals surface area contributed by atoms with Crippen LogP contribution in [0, 0.1) is 0 Å². The molecule has 1 N–H and O–H groups in total. The monoisotopic (exact) mass is 260 g/mol. The number of amides is 1. The van der Waals surface area contributed by atoms with Crippen LogP contribution >= 0.6 is 0 Å². The number of likely N-dealkylation sites (tertiary alicyclic amines) is 1. The molecule has 1 amide bonds. The van der Waals surface area contributed by atoms with Crippen molar-refractivity contribution in [3.8, 4) is 0 Å². The first-order valence-electron chi connectivity index (χ1n) is 6.28. The zero-order valence-corrected chi connectivity index (χ0v) is 12.0. The summed E-state index contributed by atoms with van der Waals surface area (Å²) in [6.07, 6.45) is 3.42. The van der Waals surface area contributed by atoms with Crippen molar-refractivity contribution in [1.82, 2.24) is 10.2 Å². The van der Waals surface area contributed by atoms with Gasteiger partial charge >= 0.3 is 0 Å². The lowest BCUT2D eigenvalue weighted by Gasteiger charge is -2.25. The largest absolute Gasteiger partial charge is 0.339 e. The van der Waals surface area contributed by atoms with Gasteiger partial charge in [0.05, 0.1) is 6.04 Å². The zero-order valence-electron chi connectivity index (χ0n) is 11.2. The van der Waals surface area contributed by atoms with E-state index in [0.29, 0.717) is 11.8 Å². The maximum Gasteiger partial charge on any atom is 0.240 e. The molecule has 1 aliphatic rings. The van der Waals surface area contributed by atoms with E-state index in [1.807, 2.05) is 11.8 Å². The molecule has 1 saturated heterocycles. The molecule has 0 aromatic carbocycles. The number of rotatable bonds is 6. The number of hydrogen-bond donors (Lipinski definition) is 1. The summed E-state index contributed by atoms with van der Waals surface area (Å²) in [6.45, 7) is 6.97. The van der Waals surface area contributed by atoms with E-state index >= 15 is 0 Å². The molecule has 0 radical (unpaired) electrons. The second-order valence-electron chi connectivity index (χ2n) is 5.11. The second kappa shape index (κ2) is 6.50. The smallest absolute Gasteiger partial charge is 0.240 e. The lowest BCUT2D eigenvalue weighted by Crippen LogP contribution is -2.44. The fourth-order valence-electron chi connectivity index (χ4n) is 2.19. The number of carbonyl (C=O) groups excluding carboxylic acids is 1. The van der Waals surface area contributed by atoms with Gasteiger partial charge in [0.15, 0.2) is 0 Å². The predicted octanol–water partition coefficient (Wildman–Crippen LogP) is 0.742. The predicted molar refractivity (Wildman–Crippen MR) is 71.4 cm³/mol. The molecule has 0 spiro atoms. The van der Waals surface area contributed by atoms with Crippen molar-refractivity contribution >= 4 is 16.7 Å². The first-order valence-corrected chi connectivity index (χ1v) is 8.01. The van der Waals surface area contributed by atoms with Gasteiger partial charge in [-0.15, -0.1) is 0 Å². The van der Waals surface area contributed by atoms with Gasteiger partial charge in [-0.25, -0.2) is 0 Å². The Kier molecular flexibility index (Phi) is 5.59. The van der Waals surface area contributed by atoms with Crippen molar-refractivity contribution in [2.45, 2.75) is 51.7 Å². The lowest BCUT2D eigenvalue weighted by atomic mass is 10.2. The Morgan fingerprint density at radius 3 is 2.65 bits per heavy atom. The van der Waals surface area contributed by atoms with Gasteiger partial charge in [0.25, 0.3) is 0 Å². The van der Waals surface area contributed by atoms with E-state index in [2.05, 4.69) is 19.2 Å². The van der Waals surface area contributed by atoms with Crippen LogP contribution in [0.25, 0.3) is 0 Å². The van der Waals surface area contributed by atoms with Crippen LogP contribution in [0.3, 0.4) is 0 Å². The van der Waals surface area contributed by atoms with Gasteiger partial charge < -0.3 is 10.2 Å².